The Morgan fingerprint density at radius 3 is 2.25 bits per heavy atom. The van der Waals surface area contributed by atoms with E-state index in [1.165, 1.54) is 10.5 Å². The number of likely N-dealkylation sites (tertiary alicyclic amines) is 1. The van der Waals surface area contributed by atoms with E-state index >= 15 is 0 Å². The van der Waals surface area contributed by atoms with Crippen molar-refractivity contribution in [2.24, 2.45) is 5.92 Å². The van der Waals surface area contributed by atoms with Crippen LogP contribution in [0.25, 0.3) is 5.57 Å². The highest BCUT2D eigenvalue weighted by atomic mass is 16.5. The summed E-state index contributed by atoms with van der Waals surface area (Å²) in [6.45, 7) is 4.14. The lowest BCUT2D eigenvalue weighted by molar-refractivity contribution is -0.137. The first-order valence-electron chi connectivity index (χ1n) is 11.7. The van der Waals surface area contributed by atoms with Gasteiger partial charge in [-0.25, -0.2) is 0 Å². The second-order valence-corrected chi connectivity index (χ2v) is 8.69. The zero-order valence-corrected chi connectivity index (χ0v) is 19.0. The molecule has 1 fully saturated rings. The van der Waals surface area contributed by atoms with Gasteiger partial charge in [0.2, 0.25) is 0 Å². The molecule has 2 aliphatic rings. The molecule has 2 aliphatic heterocycles. The van der Waals surface area contributed by atoms with Gasteiger partial charge in [0.1, 0.15) is 11.4 Å². The predicted molar refractivity (Wildman–Crippen MR) is 126 cm³/mol. The number of amides is 2. The van der Waals surface area contributed by atoms with Crippen LogP contribution in [-0.4, -0.2) is 48.4 Å². The number of methoxy groups -OCH3 is 1. The molecule has 0 unspecified atom stereocenters. The Labute approximate surface area is 190 Å². The monoisotopic (exact) mass is 432 g/mol. The maximum Gasteiger partial charge on any atom is 0.277 e. The lowest BCUT2D eigenvalue weighted by Gasteiger charge is -2.34. The lowest BCUT2D eigenvalue weighted by Crippen LogP contribution is -2.39. The van der Waals surface area contributed by atoms with Crippen molar-refractivity contribution in [3.63, 3.8) is 0 Å². The molecule has 0 saturated carbocycles. The van der Waals surface area contributed by atoms with E-state index in [0.717, 1.165) is 56.5 Å². The highest BCUT2D eigenvalue weighted by Crippen LogP contribution is 2.35. The Balaban J connectivity index is 1.57. The molecular formula is C27H32N2O3. The minimum atomic E-state index is -0.171. The van der Waals surface area contributed by atoms with E-state index < -0.39 is 0 Å². The molecule has 168 valence electrons. The highest BCUT2D eigenvalue weighted by molar-refractivity contribution is 6.35. The maximum atomic E-state index is 13.4. The summed E-state index contributed by atoms with van der Waals surface area (Å²) in [5, 5.41) is 0. The van der Waals surface area contributed by atoms with Crippen molar-refractivity contribution in [3.8, 4) is 5.75 Å². The van der Waals surface area contributed by atoms with E-state index in [1.54, 1.807) is 7.11 Å². The second kappa shape index (κ2) is 10.0. The van der Waals surface area contributed by atoms with Crippen LogP contribution < -0.4 is 4.74 Å². The molecule has 2 aromatic rings. The number of unbranched alkanes of at least 4 members (excludes halogenated alkanes) is 1. The highest BCUT2D eigenvalue weighted by Gasteiger charge is 2.41. The van der Waals surface area contributed by atoms with E-state index in [2.05, 4.69) is 36.1 Å². The van der Waals surface area contributed by atoms with Crippen molar-refractivity contribution in [1.82, 2.24) is 9.80 Å². The van der Waals surface area contributed by atoms with E-state index in [1.807, 2.05) is 30.3 Å². The van der Waals surface area contributed by atoms with E-state index in [4.69, 9.17) is 4.74 Å². The van der Waals surface area contributed by atoms with Gasteiger partial charge in [0, 0.05) is 19.6 Å². The van der Waals surface area contributed by atoms with Crippen LogP contribution in [0.2, 0.25) is 0 Å². The molecule has 5 nitrogen and oxygen atoms in total. The average molecular weight is 433 g/mol. The summed E-state index contributed by atoms with van der Waals surface area (Å²) >= 11 is 0. The second-order valence-electron chi connectivity index (χ2n) is 8.69. The molecule has 0 spiro atoms. The Bertz CT molecular complexity index is 974. The molecule has 2 aromatic carbocycles. The van der Waals surface area contributed by atoms with E-state index in [9.17, 15) is 9.59 Å². The van der Waals surface area contributed by atoms with Crippen LogP contribution in [0.1, 0.15) is 43.7 Å². The van der Waals surface area contributed by atoms with Gasteiger partial charge in [-0.1, -0.05) is 55.8 Å². The summed E-state index contributed by atoms with van der Waals surface area (Å²) in [5.74, 6) is 1.02. The topological polar surface area (TPSA) is 49.9 Å². The number of hydrogen-bond acceptors (Lipinski definition) is 4. The number of benzene rings is 2. The number of carbonyl (C=O) groups excluding carboxylic acids is 2. The van der Waals surface area contributed by atoms with Gasteiger partial charge in [0.25, 0.3) is 11.8 Å². The van der Waals surface area contributed by atoms with Crippen LogP contribution in [0.4, 0.5) is 0 Å². The van der Waals surface area contributed by atoms with Gasteiger partial charge in [-0.15, -0.1) is 0 Å². The Kier molecular flexibility index (Phi) is 6.93. The minimum absolute atomic E-state index is 0.143. The molecule has 0 aromatic heterocycles. The number of rotatable bonds is 8. The van der Waals surface area contributed by atoms with Gasteiger partial charge in [0.05, 0.1) is 12.7 Å². The van der Waals surface area contributed by atoms with Crippen molar-refractivity contribution in [2.75, 3.05) is 26.7 Å². The Hall–Kier alpha value is -3.08. The van der Waals surface area contributed by atoms with Gasteiger partial charge >= 0.3 is 0 Å². The van der Waals surface area contributed by atoms with Crippen LogP contribution in [0, 0.1) is 5.92 Å². The number of carbonyl (C=O) groups is 2. The van der Waals surface area contributed by atoms with Crippen LogP contribution >= 0.6 is 0 Å². The first-order valence-corrected chi connectivity index (χ1v) is 11.7. The van der Waals surface area contributed by atoms with E-state index in [0.29, 0.717) is 23.7 Å². The summed E-state index contributed by atoms with van der Waals surface area (Å²) < 4.78 is 5.27. The number of piperidine rings is 1. The van der Waals surface area contributed by atoms with Crippen molar-refractivity contribution < 1.29 is 14.3 Å². The third-order valence-electron chi connectivity index (χ3n) is 6.56. The average Bonchev–Trinajstić information content (AvgIpc) is 3.08. The molecule has 2 amide bonds. The largest absolute Gasteiger partial charge is 0.497 e. The smallest absolute Gasteiger partial charge is 0.277 e. The normalized spacial score (nSPS) is 17.4. The number of hydrogen-bond donors (Lipinski definition) is 0. The van der Waals surface area contributed by atoms with Gasteiger partial charge in [-0.3, -0.25) is 14.5 Å². The summed E-state index contributed by atoms with van der Waals surface area (Å²) in [4.78, 5) is 30.3. The molecule has 5 heteroatoms. The molecule has 32 heavy (non-hydrogen) atoms. The van der Waals surface area contributed by atoms with Gasteiger partial charge in [-0.05, 0) is 54.9 Å². The Morgan fingerprint density at radius 2 is 1.62 bits per heavy atom. The number of imide groups is 1. The van der Waals surface area contributed by atoms with Crippen LogP contribution in [0.3, 0.4) is 0 Å². The van der Waals surface area contributed by atoms with Crippen molar-refractivity contribution in [1.29, 1.82) is 0 Å². The summed E-state index contributed by atoms with van der Waals surface area (Å²) in [6, 6.07) is 18.0. The van der Waals surface area contributed by atoms with Crippen molar-refractivity contribution in [3.05, 3.63) is 71.4 Å². The first-order chi connectivity index (χ1) is 15.6. The molecular weight excluding hydrogens is 400 g/mol. The minimum Gasteiger partial charge on any atom is -0.497 e. The van der Waals surface area contributed by atoms with Gasteiger partial charge < -0.3 is 9.64 Å². The molecule has 0 radical (unpaired) electrons. The lowest BCUT2D eigenvalue weighted by atomic mass is 9.89. The molecule has 0 atom stereocenters. The number of ether oxygens (including phenoxy) is 1. The summed E-state index contributed by atoms with van der Waals surface area (Å²) in [5.41, 5.74) is 3.26. The van der Waals surface area contributed by atoms with Crippen molar-refractivity contribution in [2.45, 2.75) is 39.0 Å². The molecule has 4 rings (SSSR count). The van der Waals surface area contributed by atoms with Crippen LogP contribution in [0.5, 0.6) is 5.75 Å². The molecule has 0 aliphatic carbocycles. The standard InChI is InChI=1S/C27H32N2O3/c1-3-4-16-29-26(30)24(22-10-12-23(32-2)13-11-22)25(27(29)31)28-17-14-21(15-18-28)19-20-8-6-5-7-9-20/h5-13,21H,3-4,14-19H2,1-2H3. The molecule has 0 bridgehead atoms. The SMILES string of the molecule is CCCCN1C(=O)C(c2ccc(OC)cc2)=C(N2CCC(Cc3ccccc3)CC2)C1=O. The molecule has 0 N–H and O–H groups in total. The third kappa shape index (κ3) is 4.57. The van der Waals surface area contributed by atoms with Gasteiger partial charge in [-0.2, -0.15) is 0 Å². The van der Waals surface area contributed by atoms with Crippen molar-refractivity contribution >= 4 is 17.4 Å². The van der Waals surface area contributed by atoms with Crippen LogP contribution in [0.15, 0.2) is 60.3 Å². The fraction of sp³-hybridized carbons (Fsp3) is 0.407. The quantitative estimate of drug-likeness (QED) is 0.575. The Morgan fingerprint density at radius 1 is 0.938 bits per heavy atom. The van der Waals surface area contributed by atoms with Gasteiger partial charge in [0.15, 0.2) is 0 Å². The third-order valence-corrected chi connectivity index (χ3v) is 6.56. The fourth-order valence-corrected chi connectivity index (χ4v) is 4.70. The summed E-state index contributed by atoms with van der Waals surface area (Å²) in [7, 11) is 1.62. The number of nitrogens with zero attached hydrogens (tertiary/aromatic N) is 2. The zero-order chi connectivity index (χ0) is 22.5. The fourth-order valence-electron chi connectivity index (χ4n) is 4.70. The predicted octanol–water partition coefficient (Wildman–Crippen LogP) is 4.53. The van der Waals surface area contributed by atoms with Crippen LogP contribution in [-0.2, 0) is 16.0 Å². The zero-order valence-electron chi connectivity index (χ0n) is 19.0. The molecule has 2 heterocycles. The maximum absolute atomic E-state index is 13.4. The van der Waals surface area contributed by atoms with E-state index in [-0.39, 0.29) is 11.8 Å². The molecule has 1 saturated heterocycles. The summed E-state index contributed by atoms with van der Waals surface area (Å²) in [6.07, 6.45) is 4.86. The first kappa shape index (κ1) is 22.1.